The summed E-state index contributed by atoms with van der Waals surface area (Å²) in [5, 5.41) is 7.10. The van der Waals surface area contributed by atoms with Crippen LogP contribution < -0.4 is 15.6 Å². The van der Waals surface area contributed by atoms with Gasteiger partial charge in [0, 0.05) is 57.1 Å². The molecule has 49 heavy (non-hydrogen) atoms. The first kappa shape index (κ1) is 37.7. The summed E-state index contributed by atoms with van der Waals surface area (Å²) in [5.41, 5.74) is 6.50. The van der Waals surface area contributed by atoms with Gasteiger partial charge in [0.1, 0.15) is 5.82 Å². The van der Waals surface area contributed by atoms with Crippen molar-refractivity contribution in [2.75, 3.05) is 75.7 Å². The van der Waals surface area contributed by atoms with Crippen molar-refractivity contribution in [3.63, 3.8) is 0 Å². The molecule has 0 aliphatic carbocycles. The Morgan fingerprint density at radius 3 is 2.04 bits per heavy atom. The number of carbonyl (C=O) groups is 2. The minimum absolute atomic E-state index is 0.283. The van der Waals surface area contributed by atoms with E-state index in [0.717, 1.165) is 96.1 Å². The maximum atomic E-state index is 13.7. The van der Waals surface area contributed by atoms with Gasteiger partial charge in [-0.3, -0.25) is 14.5 Å². The second-order valence-electron chi connectivity index (χ2n) is 12.5. The molecule has 0 saturated carbocycles. The molecule has 0 radical (unpaired) electrons. The molecule has 0 aromatic heterocycles. The number of halogens is 1. The van der Waals surface area contributed by atoms with Gasteiger partial charge in [-0.2, -0.15) is 5.10 Å². The van der Waals surface area contributed by atoms with E-state index in [9.17, 15) is 14.0 Å². The average molecular weight is 672 g/mol. The van der Waals surface area contributed by atoms with Gasteiger partial charge in [-0.25, -0.2) is 9.82 Å². The van der Waals surface area contributed by atoms with Crippen LogP contribution in [0.4, 0.5) is 15.8 Å². The highest BCUT2D eigenvalue weighted by atomic mass is 19.1. The van der Waals surface area contributed by atoms with Crippen LogP contribution in [0.15, 0.2) is 71.8 Å². The maximum Gasteiger partial charge on any atom is 0.273 e. The normalized spacial score (nSPS) is 13.5. The maximum absolute atomic E-state index is 13.7. The molecule has 3 aromatic carbocycles. The fraction of sp³-hybridized carbons (Fsp3) is 0.462. The van der Waals surface area contributed by atoms with Crippen molar-refractivity contribution in [1.82, 2.24) is 20.1 Å². The van der Waals surface area contributed by atoms with E-state index in [2.05, 4.69) is 69.2 Å². The lowest BCUT2D eigenvalue weighted by Crippen LogP contribution is -2.39. The number of likely N-dealkylation sites (N-methyl/N-ethyl adjacent to an activating group) is 2. The number of anilines is 2. The smallest absolute Gasteiger partial charge is 0.273 e. The van der Waals surface area contributed by atoms with Crippen molar-refractivity contribution in [3.8, 4) is 0 Å². The zero-order chi connectivity index (χ0) is 35.0. The molecule has 3 aromatic rings. The molecule has 9 nitrogen and oxygen atoms in total. The molecule has 1 fully saturated rings. The fourth-order valence-corrected chi connectivity index (χ4v) is 6.13. The van der Waals surface area contributed by atoms with Crippen molar-refractivity contribution >= 4 is 29.4 Å². The molecule has 1 heterocycles. The first-order valence-corrected chi connectivity index (χ1v) is 17.9. The van der Waals surface area contributed by atoms with E-state index in [-0.39, 0.29) is 11.7 Å². The standard InChI is InChI=1S/C39H54FN7O2/c1-5-44(6-2)23-25-46(26-24-45(7-3)8-4)30-32-13-12-14-33(27-32)38(48)42-37-20-19-35(47-21-10-9-11-22-47)28-36(37)39(49)43-41-29-31-15-17-34(40)18-16-31/h12-20,27-29H,5-11,21-26,30H2,1-4H3,(H,42,48)(H,43,49). The number of carbonyl (C=O) groups excluding carboxylic acids is 2. The molecule has 1 saturated heterocycles. The number of amides is 2. The predicted molar refractivity (Wildman–Crippen MR) is 199 cm³/mol. The zero-order valence-corrected chi connectivity index (χ0v) is 29.8. The van der Waals surface area contributed by atoms with Crippen LogP contribution in [0.3, 0.4) is 0 Å². The molecule has 0 unspecified atom stereocenters. The molecule has 2 amide bonds. The van der Waals surface area contributed by atoms with Crippen molar-refractivity contribution in [2.45, 2.75) is 53.5 Å². The minimum Gasteiger partial charge on any atom is -0.372 e. The molecule has 0 spiro atoms. The van der Waals surface area contributed by atoms with Crippen molar-refractivity contribution in [2.24, 2.45) is 5.10 Å². The number of hydrogen-bond acceptors (Lipinski definition) is 7. The number of hydrazone groups is 1. The molecular formula is C39H54FN7O2. The Bertz CT molecular complexity index is 1480. The van der Waals surface area contributed by atoms with Crippen LogP contribution in [-0.2, 0) is 6.54 Å². The van der Waals surface area contributed by atoms with Crippen LogP contribution in [0.1, 0.15) is 78.8 Å². The first-order valence-electron chi connectivity index (χ1n) is 17.9. The van der Waals surface area contributed by atoms with Crippen molar-refractivity contribution in [1.29, 1.82) is 0 Å². The van der Waals surface area contributed by atoms with Gasteiger partial charge in [0.2, 0.25) is 0 Å². The van der Waals surface area contributed by atoms with Gasteiger partial charge in [0.05, 0.1) is 17.5 Å². The number of piperidine rings is 1. The monoisotopic (exact) mass is 671 g/mol. The Kier molecular flexibility index (Phi) is 15.2. The van der Waals surface area contributed by atoms with E-state index in [1.165, 1.54) is 24.8 Å². The second-order valence-corrected chi connectivity index (χ2v) is 12.5. The summed E-state index contributed by atoms with van der Waals surface area (Å²) < 4.78 is 13.3. The molecule has 4 rings (SSSR count). The van der Waals surface area contributed by atoms with E-state index in [1.807, 2.05) is 30.3 Å². The summed E-state index contributed by atoms with van der Waals surface area (Å²) >= 11 is 0. The highest BCUT2D eigenvalue weighted by Crippen LogP contribution is 2.27. The Morgan fingerprint density at radius 1 is 0.776 bits per heavy atom. The van der Waals surface area contributed by atoms with Crippen molar-refractivity contribution < 1.29 is 14.0 Å². The van der Waals surface area contributed by atoms with E-state index < -0.39 is 5.91 Å². The van der Waals surface area contributed by atoms with Crippen LogP contribution in [-0.4, -0.2) is 98.2 Å². The topological polar surface area (TPSA) is 83.5 Å². The Balaban J connectivity index is 1.51. The van der Waals surface area contributed by atoms with Crippen molar-refractivity contribution in [3.05, 3.63) is 94.8 Å². The fourth-order valence-electron chi connectivity index (χ4n) is 6.13. The lowest BCUT2D eigenvalue weighted by atomic mass is 10.1. The first-order chi connectivity index (χ1) is 23.8. The van der Waals surface area contributed by atoms with Crippen LogP contribution in [0.5, 0.6) is 0 Å². The highest BCUT2D eigenvalue weighted by molar-refractivity contribution is 6.09. The summed E-state index contributed by atoms with van der Waals surface area (Å²) in [7, 11) is 0. The van der Waals surface area contributed by atoms with Crippen LogP contribution in [0.25, 0.3) is 0 Å². The number of hydrogen-bond donors (Lipinski definition) is 2. The van der Waals surface area contributed by atoms with E-state index in [1.54, 1.807) is 18.2 Å². The van der Waals surface area contributed by atoms with Gasteiger partial charge < -0.3 is 20.0 Å². The second kappa shape index (κ2) is 19.8. The molecule has 0 atom stereocenters. The predicted octanol–water partition coefficient (Wildman–Crippen LogP) is 6.32. The quantitative estimate of drug-likeness (QED) is 0.122. The third kappa shape index (κ3) is 11.8. The molecular weight excluding hydrogens is 617 g/mol. The largest absolute Gasteiger partial charge is 0.372 e. The molecule has 264 valence electrons. The third-order valence-electron chi connectivity index (χ3n) is 9.32. The van der Waals surface area contributed by atoms with E-state index in [0.29, 0.717) is 22.4 Å². The number of nitrogens with one attached hydrogen (secondary N) is 2. The van der Waals surface area contributed by atoms with Gasteiger partial charge >= 0.3 is 0 Å². The van der Waals surface area contributed by atoms with Gasteiger partial charge in [-0.15, -0.1) is 0 Å². The van der Waals surface area contributed by atoms with Gasteiger partial charge in [0.25, 0.3) is 11.8 Å². The van der Waals surface area contributed by atoms with E-state index in [4.69, 9.17) is 0 Å². The van der Waals surface area contributed by atoms with Gasteiger partial charge in [-0.1, -0.05) is 52.0 Å². The summed E-state index contributed by atoms with van der Waals surface area (Å²) in [4.78, 5) is 36.8. The Labute approximate surface area is 292 Å². The van der Waals surface area contributed by atoms with Crippen LogP contribution >= 0.6 is 0 Å². The Morgan fingerprint density at radius 2 is 1.41 bits per heavy atom. The summed E-state index contributed by atoms with van der Waals surface area (Å²) in [6.45, 7) is 19.4. The number of rotatable bonds is 18. The lowest BCUT2D eigenvalue weighted by molar-refractivity contribution is 0.0956. The third-order valence-corrected chi connectivity index (χ3v) is 9.32. The van der Waals surface area contributed by atoms with Gasteiger partial charge in [-0.05, 0) is 99.0 Å². The van der Waals surface area contributed by atoms with Gasteiger partial charge in [0.15, 0.2) is 0 Å². The lowest BCUT2D eigenvalue weighted by Gasteiger charge is -2.29. The van der Waals surface area contributed by atoms with E-state index >= 15 is 0 Å². The number of nitrogens with zero attached hydrogens (tertiary/aromatic N) is 5. The summed E-state index contributed by atoms with van der Waals surface area (Å²) in [6, 6.07) is 19.2. The molecule has 2 N–H and O–H groups in total. The SMILES string of the molecule is CCN(CC)CCN(CCN(CC)CC)Cc1cccc(C(=O)Nc2ccc(N3CCCCC3)cc2C(=O)NN=Cc2ccc(F)cc2)c1. The highest BCUT2D eigenvalue weighted by Gasteiger charge is 2.19. The zero-order valence-electron chi connectivity index (χ0n) is 29.8. The number of benzene rings is 3. The summed E-state index contributed by atoms with van der Waals surface area (Å²) in [5.74, 6) is -1.07. The Hall–Kier alpha value is -4.12. The van der Waals surface area contributed by atoms with Crippen LogP contribution in [0, 0.1) is 5.82 Å². The van der Waals surface area contributed by atoms with Crippen LogP contribution in [0.2, 0.25) is 0 Å². The molecule has 1 aliphatic rings. The molecule has 1 aliphatic heterocycles. The molecule has 0 bridgehead atoms. The summed E-state index contributed by atoms with van der Waals surface area (Å²) in [6.07, 6.45) is 4.85. The minimum atomic E-state index is -0.446. The molecule has 10 heteroatoms. The average Bonchev–Trinajstić information content (AvgIpc) is 3.13.